The minimum absolute atomic E-state index is 0.0171. The molecule has 3 N–H and O–H groups in total. The zero-order valence-electron chi connectivity index (χ0n) is 76.0. The molecular formula is C90H149N9O17. The van der Waals surface area contributed by atoms with E-state index in [0.717, 1.165) is 25.7 Å². The van der Waals surface area contributed by atoms with Crippen LogP contribution in [0.15, 0.2) is 28.8 Å². The van der Waals surface area contributed by atoms with Gasteiger partial charge in [0.25, 0.3) is 0 Å². The predicted octanol–water partition coefficient (Wildman–Crippen LogP) is 14.5. The lowest BCUT2D eigenvalue weighted by atomic mass is 9.61. The number of nitrogens with zero attached hydrogens (tertiary/aromatic N) is 6. The van der Waals surface area contributed by atoms with Crippen molar-refractivity contribution in [3.8, 4) is 0 Å². The van der Waals surface area contributed by atoms with Crippen LogP contribution in [0.25, 0.3) is 0 Å². The molecular weight excluding hydrogens is 1480 g/mol. The zero-order chi connectivity index (χ0) is 87.3. The Balaban J connectivity index is 0.897. The molecule has 0 saturated heterocycles. The Morgan fingerprint density at radius 2 is 0.491 bits per heavy atom. The summed E-state index contributed by atoms with van der Waals surface area (Å²) in [5.74, 6) is -1.41. The molecule has 2 heterocycles. The molecule has 3 amide bonds. The molecule has 12 atom stereocenters. The smallest absolute Gasteiger partial charge is 0.465 e. The van der Waals surface area contributed by atoms with Gasteiger partial charge in [-0.15, -0.1) is 0 Å². The molecule has 8 rings (SSSR count). The van der Waals surface area contributed by atoms with Crippen LogP contribution in [0.4, 0.5) is 4.79 Å². The maximum atomic E-state index is 15.6. The first-order chi connectivity index (χ1) is 52.8. The highest BCUT2D eigenvalue weighted by molar-refractivity contribution is 5.75. The quantitative estimate of drug-likeness (QED) is 0.0503. The maximum absolute atomic E-state index is 15.6. The summed E-state index contributed by atoms with van der Waals surface area (Å²) >= 11 is 0. The Morgan fingerprint density at radius 1 is 0.302 bits per heavy atom. The van der Waals surface area contributed by atoms with Crippen LogP contribution in [-0.4, -0.2) is 115 Å². The van der Waals surface area contributed by atoms with Crippen LogP contribution in [0, 0.1) is 75.8 Å². The molecule has 116 heavy (non-hydrogen) atoms. The first-order valence-corrected chi connectivity index (χ1v) is 43.1. The van der Waals surface area contributed by atoms with Gasteiger partial charge >= 0.3 is 52.2 Å². The Hall–Kier alpha value is -6.89. The maximum Gasteiger partial charge on any atom is 0.508 e. The molecule has 0 bridgehead atoms. The third kappa shape index (κ3) is 24.7. The number of nitrogens with one attached hydrogen (secondary N) is 3. The van der Waals surface area contributed by atoms with Crippen LogP contribution in [-0.2, 0) is 47.7 Å². The second kappa shape index (κ2) is 34.3. The number of aromatic nitrogens is 6. The largest absolute Gasteiger partial charge is 0.508 e. The number of amides is 3. The first-order valence-electron chi connectivity index (χ1n) is 43.1. The van der Waals surface area contributed by atoms with Crippen LogP contribution in [0.1, 0.15) is 370 Å². The van der Waals surface area contributed by atoms with Gasteiger partial charge in [-0.2, -0.15) is 0 Å². The van der Waals surface area contributed by atoms with Gasteiger partial charge in [0.1, 0.15) is 19.0 Å². The predicted molar refractivity (Wildman–Crippen MR) is 448 cm³/mol. The number of hydrogen-bond acceptors (Lipinski definition) is 17. The van der Waals surface area contributed by atoms with E-state index in [2.05, 4.69) is 141 Å². The lowest BCUT2D eigenvalue weighted by molar-refractivity contribution is -0.148. The van der Waals surface area contributed by atoms with Crippen molar-refractivity contribution in [3.63, 3.8) is 0 Å². The number of esters is 2. The van der Waals surface area contributed by atoms with E-state index in [4.69, 9.17) is 18.9 Å². The van der Waals surface area contributed by atoms with Gasteiger partial charge in [-0.1, -0.05) is 152 Å². The lowest BCUT2D eigenvalue weighted by Crippen LogP contribution is -2.60. The van der Waals surface area contributed by atoms with Crippen molar-refractivity contribution < 1.29 is 52.5 Å². The number of hydrogen-bond donors (Lipinski definition) is 3. The summed E-state index contributed by atoms with van der Waals surface area (Å²) in [5, 5.41) is 9.00. The highest BCUT2D eigenvalue weighted by atomic mass is 16.7. The number of ether oxygens (including phenoxy) is 4. The van der Waals surface area contributed by atoms with Crippen molar-refractivity contribution in [2.75, 3.05) is 46.1 Å². The molecule has 2 aromatic heterocycles. The van der Waals surface area contributed by atoms with E-state index in [1.165, 1.54) is 48.2 Å². The molecule has 0 spiro atoms. The topological polar surface area (TPSA) is 324 Å². The molecule has 0 radical (unpaired) electrons. The van der Waals surface area contributed by atoms with Gasteiger partial charge in [-0.05, 0) is 207 Å². The van der Waals surface area contributed by atoms with Crippen LogP contribution in [0.2, 0.25) is 0 Å². The molecule has 0 aromatic carbocycles. The van der Waals surface area contributed by atoms with Crippen molar-refractivity contribution in [1.29, 1.82) is 0 Å². The molecule has 6 aliphatic rings. The van der Waals surface area contributed by atoms with Crippen LogP contribution in [0.5, 0.6) is 0 Å². The molecule has 0 aliphatic heterocycles. The highest BCUT2D eigenvalue weighted by Crippen LogP contribution is 2.58. The standard InChI is InChI=1S/C90H149N9O17/c1-58(100)27-30-85(21)39-62(33-77(5,6)45-85)94-70(106)95(72(108)97(71(94)107)65-36-80(11,12)48-88(24,42-65)51-91-59(2)101)63-34-78(7,8)46-86(22,40-63)31-28-68(104)113-54-83(17,18)56-115-76(112)116-57-84(19,20)55-114-69(105)29-32-87(23)41-64(35-79(9,10)47-87)96-73(109)98(66-37-81(13,14)49-89(25,43-66)52-92-60(3)102)75(111)99(74(96)110)67-38-82(15,16)50-90(26,44-67)53-93-61(4)103/h62-67H,27-57H2,1-26H3,(H,91,101)(H,92,102)(H,93,103). The molecule has 2 aromatic rings. The zero-order valence-corrected chi connectivity index (χ0v) is 76.0. The summed E-state index contributed by atoms with van der Waals surface area (Å²) in [5.41, 5.74) is -10.7. The summed E-state index contributed by atoms with van der Waals surface area (Å²) in [6, 6.07) is -3.62. The number of ketones is 1. The fraction of sp³-hybridized carbons (Fsp3) is 0.856. The van der Waals surface area contributed by atoms with Gasteiger partial charge in [-0.3, -0.25) is 24.0 Å². The van der Waals surface area contributed by atoms with Gasteiger partial charge < -0.3 is 39.7 Å². The van der Waals surface area contributed by atoms with Gasteiger partial charge in [0.2, 0.25) is 17.7 Å². The number of rotatable bonds is 29. The Morgan fingerprint density at radius 3 is 0.698 bits per heavy atom. The summed E-state index contributed by atoms with van der Waals surface area (Å²) in [6.45, 7) is 51.6. The fourth-order valence-corrected chi connectivity index (χ4v) is 24.2. The van der Waals surface area contributed by atoms with E-state index >= 15 is 28.8 Å². The van der Waals surface area contributed by atoms with Crippen LogP contribution < -0.4 is 50.1 Å². The summed E-state index contributed by atoms with van der Waals surface area (Å²) in [4.78, 5) is 184. The molecule has 6 aliphatic carbocycles. The highest BCUT2D eigenvalue weighted by Gasteiger charge is 2.52. The van der Waals surface area contributed by atoms with Gasteiger partial charge in [0.15, 0.2) is 0 Å². The molecule has 26 nitrogen and oxygen atoms in total. The van der Waals surface area contributed by atoms with Crippen molar-refractivity contribution in [1.82, 2.24) is 43.4 Å². The third-order valence-corrected chi connectivity index (χ3v) is 26.8. The van der Waals surface area contributed by atoms with Crippen LogP contribution in [0.3, 0.4) is 0 Å². The SMILES string of the molecule is CC(=O)CCC1(C)CC(n2c(=O)n(C3CC(C)(C)CC(C)(CCC(=O)OCC(C)(C)COC(=O)OCC(C)(C)COC(=O)CCC4(C)CC(n5c(=O)n(C6CC(C)(C)CC(C)(CNC(C)=O)C6)c(=O)n(C6CC(C)(C)CC(C)(CNC(C)=O)C6)c5=O)CC(C)(C)C4)C3)c(=O)n(C3CC(C)(C)CC(C)(CNC(C)=O)C3)c2=O)CC(C)(C)C1. The Bertz CT molecular complexity index is 3930. The lowest BCUT2D eigenvalue weighted by Gasteiger charge is -2.49. The molecule has 6 fully saturated rings. The molecule has 12 unspecified atom stereocenters. The minimum Gasteiger partial charge on any atom is -0.465 e. The van der Waals surface area contributed by atoms with E-state index < -0.39 is 137 Å². The fourth-order valence-electron chi connectivity index (χ4n) is 24.2. The Labute approximate surface area is 689 Å². The number of Topliss-reactive ketones (excluding diaryl/α,β-unsaturated/α-hetero) is 1. The number of carbonyl (C=O) groups is 7. The van der Waals surface area contributed by atoms with Crippen molar-refractivity contribution in [3.05, 3.63) is 62.9 Å². The van der Waals surface area contributed by atoms with Crippen LogP contribution >= 0.6 is 0 Å². The normalized spacial score (nSPS) is 30.7. The monoisotopic (exact) mass is 1630 g/mol. The Kier molecular flexibility index (Phi) is 28.0. The van der Waals surface area contributed by atoms with Crippen molar-refractivity contribution >= 4 is 41.6 Å². The minimum atomic E-state index is -0.962. The van der Waals surface area contributed by atoms with E-state index in [1.54, 1.807) is 34.6 Å². The van der Waals surface area contributed by atoms with E-state index in [0.29, 0.717) is 135 Å². The van der Waals surface area contributed by atoms with Gasteiger partial charge in [0.05, 0.1) is 13.2 Å². The van der Waals surface area contributed by atoms with Crippen molar-refractivity contribution in [2.45, 2.75) is 370 Å². The third-order valence-electron chi connectivity index (χ3n) is 26.8. The second-order valence-corrected chi connectivity index (χ2v) is 46.6. The van der Waals surface area contributed by atoms with E-state index in [-0.39, 0.29) is 89.8 Å². The second-order valence-electron chi connectivity index (χ2n) is 46.6. The summed E-state index contributed by atoms with van der Waals surface area (Å²) < 4.78 is 31.1. The van der Waals surface area contributed by atoms with Gasteiger partial charge in [-0.25, -0.2) is 61.0 Å². The molecule has 656 valence electrons. The number of carbonyl (C=O) groups excluding carboxylic acids is 7. The summed E-state index contributed by atoms with van der Waals surface area (Å²) in [6.07, 6.45) is 10.5. The van der Waals surface area contributed by atoms with Crippen molar-refractivity contribution in [2.24, 2.45) is 75.8 Å². The van der Waals surface area contributed by atoms with E-state index in [1.807, 2.05) is 0 Å². The van der Waals surface area contributed by atoms with Gasteiger partial charge in [0, 0.05) is 107 Å². The van der Waals surface area contributed by atoms with E-state index in [9.17, 15) is 33.6 Å². The first kappa shape index (κ1) is 94.6. The molecule has 6 saturated carbocycles. The average Bonchev–Trinajstić information content (AvgIpc) is 0.730. The molecule has 26 heteroatoms. The average molecular weight is 1630 g/mol. The summed E-state index contributed by atoms with van der Waals surface area (Å²) in [7, 11) is 0.